The second-order valence-electron chi connectivity index (χ2n) is 4.48. The lowest BCUT2D eigenvalue weighted by atomic mass is 10.1. The van der Waals surface area contributed by atoms with Gasteiger partial charge in [-0.15, -0.1) is 0 Å². The van der Waals surface area contributed by atoms with Crippen molar-refractivity contribution in [3.63, 3.8) is 0 Å². The van der Waals surface area contributed by atoms with Gasteiger partial charge in [0.1, 0.15) is 0 Å². The van der Waals surface area contributed by atoms with E-state index in [1.807, 2.05) is 30.1 Å². The molecule has 0 fully saturated rings. The maximum absolute atomic E-state index is 11.5. The number of rotatable bonds is 7. The molecular formula is C14H22ClN3O. The van der Waals surface area contributed by atoms with Crippen LogP contribution in [0.1, 0.15) is 18.9 Å². The number of nitrogens with zero attached hydrogens (tertiary/aromatic N) is 1. The molecule has 5 heteroatoms. The highest BCUT2D eigenvalue weighted by Gasteiger charge is 2.11. The smallest absolute Gasteiger partial charge is 0.239 e. The van der Waals surface area contributed by atoms with Gasteiger partial charge in [0.2, 0.25) is 5.91 Å². The maximum Gasteiger partial charge on any atom is 0.239 e. The number of hydrogen-bond acceptors (Lipinski definition) is 3. The first kappa shape index (κ1) is 15.8. The number of halogens is 1. The van der Waals surface area contributed by atoms with Crippen LogP contribution >= 0.6 is 11.6 Å². The van der Waals surface area contributed by atoms with Gasteiger partial charge in [-0.25, -0.2) is 0 Å². The standard InChI is InChI=1S/C14H22ClN3O/c1-4-7-17-9-11-5-6-12(15)8-13(11)18(3)10-14(19)16-2/h5-6,8,17H,4,7,9-10H2,1-3H3,(H,16,19). The van der Waals surface area contributed by atoms with Crippen LogP contribution < -0.4 is 15.5 Å². The fourth-order valence-electron chi connectivity index (χ4n) is 1.82. The lowest BCUT2D eigenvalue weighted by Crippen LogP contribution is -2.33. The third-order valence-electron chi connectivity index (χ3n) is 2.86. The van der Waals surface area contributed by atoms with Crippen molar-refractivity contribution in [2.75, 3.05) is 32.1 Å². The van der Waals surface area contributed by atoms with E-state index in [2.05, 4.69) is 17.6 Å². The summed E-state index contributed by atoms with van der Waals surface area (Å²) < 4.78 is 0. The van der Waals surface area contributed by atoms with Crippen molar-refractivity contribution in [1.29, 1.82) is 0 Å². The monoisotopic (exact) mass is 283 g/mol. The predicted molar refractivity (Wildman–Crippen MR) is 80.8 cm³/mol. The summed E-state index contributed by atoms with van der Waals surface area (Å²) in [6.07, 6.45) is 1.09. The molecule has 0 aliphatic rings. The fourth-order valence-corrected chi connectivity index (χ4v) is 1.99. The van der Waals surface area contributed by atoms with E-state index in [1.54, 1.807) is 7.05 Å². The zero-order valence-electron chi connectivity index (χ0n) is 11.8. The van der Waals surface area contributed by atoms with Crippen molar-refractivity contribution in [3.05, 3.63) is 28.8 Å². The third kappa shape index (κ3) is 5.09. The molecule has 19 heavy (non-hydrogen) atoms. The molecule has 1 amide bonds. The second-order valence-corrected chi connectivity index (χ2v) is 4.92. The summed E-state index contributed by atoms with van der Waals surface area (Å²) >= 11 is 6.05. The van der Waals surface area contributed by atoms with Crippen LogP contribution in [0, 0.1) is 0 Å². The largest absolute Gasteiger partial charge is 0.365 e. The molecule has 1 aromatic rings. The van der Waals surface area contributed by atoms with Crippen molar-refractivity contribution >= 4 is 23.2 Å². The van der Waals surface area contributed by atoms with Gasteiger partial charge in [-0.3, -0.25) is 4.79 Å². The molecule has 2 N–H and O–H groups in total. The molecule has 0 aromatic heterocycles. The quantitative estimate of drug-likeness (QED) is 0.753. The Morgan fingerprint density at radius 2 is 2.16 bits per heavy atom. The van der Waals surface area contributed by atoms with E-state index in [9.17, 15) is 4.79 Å². The Morgan fingerprint density at radius 3 is 2.79 bits per heavy atom. The molecule has 0 saturated carbocycles. The number of carbonyl (C=O) groups is 1. The van der Waals surface area contributed by atoms with Crippen LogP contribution in [0.25, 0.3) is 0 Å². The van der Waals surface area contributed by atoms with E-state index in [1.165, 1.54) is 0 Å². The lowest BCUT2D eigenvalue weighted by Gasteiger charge is -2.22. The molecular weight excluding hydrogens is 262 g/mol. The molecule has 0 unspecified atom stereocenters. The van der Waals surface area contributed by atoms with E-state index in [-0.39, 0.29) is 5.91 Å². The molecule has 0 aliphatic heterocycles. The van der Waals surface area contributed by atoms with Gasteiger partial charge in [-0.2, -0.15) is 0 Å². The molecule has 0 bridgehead atoms. The van der Waals surface area contributed by atoms with Crippen molar-refractivity contribution in [2.24, 2.45) is 0 Å². The molecule has 1 rings (SSSR count). The minimum atomic E-state index is -0.0186. The van der Waals surface area contributed by atoms with Gasteiger partial charge in [0.15, 0.2) is 0 Å². The predicted octanol–water partition coefficient (Wildman–Crippen LogP) is 2.02. The molecule has 1 aromatic carbocycles. The average Bonchev–Trinajstić information content (AvgIpc) is 2.40. The van der Waals surface area contributed by atoms with E-state index in [0.717, 1.165) is 30.8 Å². The van der Waals surface area contributed by atoms with Gasteiger partial charge < -0.3 is 15.5 Å². The van der Waals surface area contributed by atoms with Crippen LogP contribution in [0.2, 0.25) is 5.02 Å². The minimum Gasteiger partial charge on any atom is -0.365 e. The molecule has 0 aliphatic carbocycles. The normalized spacial score (nSPS) is 10.3. The number of benzene rings is 1. The molecule has 0 saturated heterocycles. The average molecular weight is 284 g/mol. The van der Waals surface area contributed by atoms with Crippen LogP contribution in [0.3, 0.4) is 0 Å². The highest BCUT2D eigenvalue weighted by atomic mass is 35.5. The number of likely N-dealkylation sites (N-methyl/N-ethyl adjacent to an activating group) is 2. The van der Waals surface area contributed by atoms with Crippen LogP contribution in [-0.4, -0.2) is 33.1 Å². The molecule has 106 valence electrons. The van der Waals surface area contributed by atoms with Gasteiger partial charge in [0.25, 0.3) is 0 Å². The van der Waals surface area contributed by atoms with Crippen LogP contribution in [0.15, 0.2) is 18.2 Å². The summed E-state index contributed by atoms with van der Waals surface area (Å²) in [5.74, 6) is -0.0186. The zero-order chi connectivity index (χ0) is 14.3. The Kier molecular flexibility index (Phi) is 6.67. The Morgan fingerprint density at radius 1 is 1.42 bits per heavy atom. The number of anilines is 1. The third-order valence-corrected chi connectivity index (χ3v) is 3.10. The van der Waals surface area contributed by atoms with Gasteiger partial charge in [-0.1, -0.05) is 24.6 Å². The van der Waals surface area contributed by atoms with Crippen molar-refractivity contribution in [1.82, 2.24) is 10.6 Å². The van der Waals surface area contributed by atoms with Gasteiger partial charge in [0, 0.05) is 31.4 Å². The second kappa shape index (κ2) is 8.02. The van der Waals surface area contributed by atoms with E-state index >= 15 is 0 Å². The van der Waals surface area contributed by atoms with E-state index in [0.29, 0.717) is 11.6 Å². The molecule has 0 heterocycles. The number of carbonyl (C=O) groups excluding carboxylic acids is 1. The van der Waals surface area contributed by atoms with Gasteiger partial charge >= 0.3 is 0 Å². The summed E-state index contributed by atoms with van der Waals surface area (Å²) in [6, 6.07) is 5.77. The highest BCUT2D eigenvalue weighted by molar-refractivity contribution is 6.30. The first-order valence-electron chi connectivity index (χ1n) is 6.49. The number of nitrogens with one attached hydrogen (secondary N) is 2. The summed E-state index contributed by atoms with van der Waals surface area (Å²) in [7, 11) is 3.53. The first-order chi connectivity index (χ1) is 9.08. The minimum absolute atomic E-state index is 0.0186. The topological polar surface area (TPSA) is 44.4 Å². The van der Waals surface area contributed by atoms with Crippen LogP contribution in [-0.2, 0) is 11.3 Å². The number of amides is 1. The van der Waals surface area contributed by atoms with Crippen molar-refractivity contribution < 1.29 is 4.79 Å². The highest BCUT2D eigenvalue weighted by Crippen LogP contribution is 2.24. The first-order valence-corrected chi connectivity index (χ1v) is 6.87. The maximum atomic E-state index is 11.5. The summed E-state index contributed by atoms with van der Waals surface area (Å²) in [6.45, 7) is 4.20. The Labute approximate surface area is 120 Å². The molecule has 4 nitrogen and oxygen atoms in total. The Hall–Kier alpha value is -1.26. The van der Waals surface area contributed by atoms with Gasteiger partial charge in [0.05, 0.1) is 6.54 Å². The zero-order valence-corrected chi connectivity index (χ0v) is 12.5. The molecule has 0 radical (unpaired) electrons. The summed E-state index contributed by atoms with van der Waals surface area (Å²) in [4.78, 5) is 13.4. The van der Waals surface area contributed by atoms with Crippen molar-refractivity contribution in [3.8, 4) is 0 Å². The van der Waals surface area contributed by atoms with Crippen LogP contribution in [0.4, 0.5) is 5.69 Å². The SMILES string of the molecule is CCCNCc1ccc(Cl)cc1N(C)CC(=O)NC. The lowest BCUT2D eigenvalue weighted by molar-refractivity contribution is -0.119. The molecule has 0 atom stereocenters. The number of hydrogen-bond donors (Lipinski definition) is 2. The summed E-state index contributed by atoms with van der Waals surface area (Å²) in [5.41, 5.74) is 2.13. The fraction of sp³-hybridized carbons (Fsp3) is 0.500. The van der Waals surface area contributed by atoms with E-state index in [4.69, 9.17) is 11.6 Å². The molecule has 0 spiro atoms. The van der Waals surface area contributed by atoms with Crippen LogP contribution in [0.5, 0.6) is 0 Å². The Balaban J connectivity index is 2.83. The van der Waals surface area contributed by atoms with E-state index < -0.39 is 0 Å². The van der Waals surface area contributed by atoms with Gasteiger partial charge in [-0.05, 0) is 30.7 Å². The van der Waals surface area contributed by atoms with Crippen molar-refractivity contribution in [2.45, 2.75) is 19.9 Å². The summed E-state index contributed by atoms with van der Waals surface area (Å²) in [5, 5.41) is 6.66. The Bertz CT molecular complexity index is 423.